The van der Waals surface area contributed by atoms with Gasteiger partial charge >= 0.3 is 0 Å². The highest BCUT2D eigenvalue weighted by molar-refractivity contribution is 5.78. The average molecular weight is 335 g/mol. The van der Waals surface area contributed by atoms with Gasteiger partial charge in [0, 0.05) is 37.5 Å². The van der Waals surface area contributed by atoms with Crippen molar-refractivity contribution in [1.82, 2.24) is 14.8 Å². The van der Waals surface area contributed by atoms with Crippen molar-refractivity contribution in [2.24, 2.45) is 5.92 Å². The third-order valence-electron chi connectivity index (χ3n) is 4.89. The van der Waals surface area contributed by atoms with Crippen LogP contribution in [0.5, 0.6) is 0 Å². The Kier molecular flexibility index (Phi) is 6.44. The molecular formula is C19H33N3O2. The van der Waals surface area contributed by atoms with Gasteiger partial charge in [0.2, 0.25) is 11.8 Å². The third kappa shape index (κ3) is 4.82. The molecule has 0 saturated carbocycles. The second-order valence-corrected chi connectivity index (χ2v) is 7.84. The van der Waals surface area contributed by atoms with E-state index in [-0.39, 0.29) is 11.3 Å². The van der Waals surface area contributed by atoms with Gasteiger partial charge in [-0.25, -0.2) is 4.98 Å². The molecule has 1 aliphatic heterocycles. The minimum Gasteiger partial charge on any atom is -0.444 e. The van der Waals surface area contributed by atoms with E-state index < -0.39 is 0 Å². The van der Waals surface area contributed by atoms with E-state index in [0.717, 1.165) is 63.6 Å². The quantitative estimate of drug-likeness (QED) is 0.827. The van der Waals surface area contributed by atoms with Crippen LogP contribution in [0.4, 0.5) is 0 Å². The molecule has 0 atom stereocenters. The summed E-state index contributed by atoms with van der Waals surface area (Å²) in [6.07, 6.45) is 4.72. The van der Waals surface area contributed by atoms with Crippen LogP contribution in [0.3, 0.4) is 0 Å². The van der Waals surface area contributed by atoms with Crippen molar-refractivity contribution in [2.45, 2.75) is 65.8 Å². The summed E-state index contributed by atoms with van der Waals surface area (Å²) in [5.74, 6) is 2.21. The lowest BCUT2D eigenvalue weighted by molar-refractivity contribution is -0.135. The molecule has 1 aromatic heterocycles. The van der Waals surface area contributed by atoms with Crippen LogP contribution in [0.2, 0.25) is 0 Å². The third-order valence-corrected chi connectivity index (χ3v) is 4.89. The maximum atomic E-state index is 12.6. The van der Waals surface area contributed by atoms with Gasteiger partial charge in [-0.05, 0) is 19.3 Å². The van der Waals surface area contributed by atoms with Gasteiger partial charge < -0.3 is 9.32 Å². The molecule has 0 aromatic carbocycles. The number of aromatic nitrogens is 1. The van der Waals surface area contributed by atoms with Crippen LogP contribution in [0.15, 0.2) is 10.6 Å². The zero-order valence-corrected chi connectivity index (χ0v) is 16.0. The first-order valence-corrected chi connectivity index (χ1v) is 9.31. The van der Waals surface area contributed by atoms with E-state index in [9.17, 15) is 4.79 Å². The van der Waals surface area contributed by atoms with E-state index in [1.807, 2.05) is 11.1 Å². The topological polar surface area (TPSA) is 49.6 Å². The van der Waals surface area contributed by atoms with Gasteiger partial charge in [0.25, 0.3) is 0 Å². The first-order valence-electron chi connectivity index (χ1n) is 9.31. The van der Waals surface area contributed by atoms with Crippen LogP contribution in [-0.4, -0.2) is 46.9 Å². The first kappa shape index (κ1) is 19.0. The highest BCUT2D eigenvalue weighted by Crippen LogP contribution is 2.23. The molecule has 1 saturated heterocycles. The van der Waals surface area contributed by atoms with Crippen LogP contribution < -0.4 is 0 Å². The van der Waals surface area contributed by atoms with Crippen molar-refractivity contribution >= 4 is 5.91 Å². The van der Waals surface area contributed by atoms with Crippen LogP contribution >= 0.6 is 0 Å². The van der Waals surface area contributed by atoms with Crippen LogP contribution in [0.1, 0.15) is 65.5 Å². The maximum absolute atomic E-state index is 12.6. The summed E-state index contributed by atoms with van der Waals surface area (Å²) in [6.45, 7) is 14.9. The second kappa shape index (κ2) is 8.15. The second-order valence-electron chi connectivity index (χ2n) is 7.84. The van der Waals surface area contributed by atoms with Crippen molar-refractivity contribution in [3.63, 3.8) is 0 Å². The molecule has 136 valence electrons. The van der Waals surface area contributed by atoms with Crippen molar-refractivity contribution in [3.8, 4) is 0 Å². The summed E-state index contributed by atoms with van der Waals surface area (Å²) >= 11 is 0. The Balaban J connectivity index is 1.91. The van der Waals surface area contributed by atoms with Gasteiger partial charge in [0.05, 0.1) is 12.7 Å². The standard InChI is InChI=1S/C19H33N3O2/c1-6-15(7-2)18(23)22-10-8-9-21(11-12-22)14-17-20-13-16(24-17)19(3,4)5/h13,15H,6-12,14H2,1-5H3. The van der Waals surface area contributed by atoms with Crippen LogP contribution in [-0.2, 0) is 16.8 Å². The predicted octanol–water partition coefficient (Wildman–Crippen LogP) is 3.44. The number of amides is 1. The normalized spacial score (nSPS) is 17.3. The monoisotopic (exact) mass is 335 g/mol. The molecule has 5 heteroatoms. The Hall–Kier alpha value is -1.36. The Bertz CT molecular complexity index is 529. The molecular weight excluding hydrogens is 302 g/mol. The predicted molar refractivity (Wildman–Crippen MR) is 95.7 cm³/mol. The van der Waals surface area contributed by atoms with Crippen molar-refractivity contribution in [1.29, 1.82) is 0 Å². The minimum absolute atomic E-state index is 0.0113. The van der Waals surface area contributed by atoms with Gasteiger partial charge in [-0.1, -0.05) is 34.6 Å². The maximum Gasteiger partial charge on any atom is 0.225 e. The van der Waals surface area contributed by atoms with Gasteiger partial charge in [-0.15, -0.1) is 0 Å². The Morgan fingerprint density at radius 1 is 1.21 bits per heavy atom. The summed E-state index contributed by atoms with van der Waals surface area (Å²) in [7, 11) is 0. The number of oxazole rings is 1. The Morgan fingerprint density at radius 3 is 2.50 bits per heavy atom. The number of carbonyl (C=O) groups excluding carboxylic acids is 1. The van der Waals surface area contributed by atoms with Gasteiger partial charge in [0.1, 0.15) is 5.76 Å². The molecule has 1 aromatic rings. The fourth-order valence-electron chi connectivity index (χ4n) is 3.17. The molecule has 0 radical (unpaired) electrons. The highest BCUT2D eigenvalue weighted by Gasteiger charge is 2.25. The largest absolute Gasteiger partial charge is 0.444 e. The van der Waals surface area contributed by atoms with Crippen molar-refractivity contribution < 1.29 is 9.21 Å². The number of hydrogen-bond donors (Lipinski definition) is 0. The van der Waals surface area contributed by atoms with E-state index in [2.05, 4.69) is 44.5 Å². The average Bonchev–Trinajstić information content (AvgIpc) is 2.88. The molecule has 0 aliphatic carbocycles. The minimum atomic E-state index is -0.0113. The molecule has 1 fully saturated rings. The van der Waals surface area contributed by atoms with Gasteiger partial charge in [-0.2, -0.15) is 0 Å². The summed E-state index contributed by atoms with van der Waals surface area (Å²) in [5, 5.41) is 0. The van der Waals surface area contributed by atoms with E-state index >= 15 is 0 Å². The summed E-state index contributed by atoms with van der Waals surface area (Å²) < 4.78 is 5.91. The van der Waals surface area contributed by atoms with Crippen molar-refractivity contribution in [2.75, 3.05) is 26.2 Å². The van der Waals surface area contributed by atoms with E-state index in [1.165, 1.54) is 0 Å². The number of nitrogens with zero attached hydrogens (tertiary/aromatic N) is 3. The molecule has 0 spiro atoms. The number of carbonyl (C=O) groups is 1. The highest BCUT2D eigenvalue weighted by atomic mass is 16.4. The molecule has 1 amide bonds. The molecule has 2 rings (SSSR count). The fourth-order valence-corrected chi connectivity index (χ4v) is 3.17. The molecule has 24 heavy (non-hydrogen) atoms. The SMILES string of the molecule is CCC(CC)C(=O)N1CCCN(Cc2ncc(C(C)(C)C)o2)CC1. The van der Waals surface area contributed by atoms with E-state index in [4.69, 9.17) is 4.42 Å². The number of hydrogen-bond acceptors (Lipinski definition) is 4. The zero-order chi connectivity index (χ0) is 17.7. The number of rotatable bonds is 5. The first-order chi connectivity index (χ1) is 11.3. The molecule has 2 heterocycles. The Labute approximate surface area is 146 Å². The molecule has 5 nitrogen and oxygen atoms in total. The van der Waals surface area contributed by atoms with E-state index in [0.29, 0.717) is 5.91 Å². The van der Waals surface area contributed by atoms with Gasteiger partial charge in [-0.3, -0.25) is 9.69 Å². The summed E-state index contributed by atoms with van der Waals surface area (Å²) in [6, 6.07) is 0. The molecule has 0 bridgehead atoms. The Morgan fingerprint density at radius 2 is 1.92 bits per heavy atom. The zero-order valence-electron chi connectivity index (χ0n) is 16.0. The molecule has 0 N–H and O–H groups in total. The molecule has 0 unspecified atom stereocenters. The smallest absolute Gasteiger partial charge is 0.225 e. The van der Waals surface area contributed by atoms with E-state index in [1.54, 1.807) is 0 Å². The van der Waals surface area contributed by atoms with Crippen LogP contribution in [0.25, 0.3) is 0 Å². The summed E-state index contributed by atoms with van der Waals surface area (Å²) in [5.41, 5.74) is -0.0113. The lowest BCUT2D eigenvalue weighted by Gasteiger charge is -2.25. The fraction of sp³-hybridized carbons (Fsp3) is 0.789. The lowest BCUT2D eigenvalue weighted by Crippen LogP contribution is -2.38. The van der Waals surface area contributed by atoms with Gasteiger partial charge in [0.15, 0.2) is 0 Å². The van der Waals surface area contributed by atoms with Crippen molar-refractivity contribution in [3.05, 3.63) is 17.8 Å². The molecule has 1 aliphatic rings. The summed E-state index contributed by atoms with van der Waals surface area (Å²) in [4.78, 5) is 21.4. The lowest BCUT2D eigenvalue weighted by atomic mass is 9.94. The van der Waals surface area contributed by atoms with Crippen LogP contribution in [0, 0.1) is 5.92 Å².